The van der Waals surface area contributed by atoms with Gasteiger partial charge in [-0.2, -0.15) is 0 Å². The molecule has 1 heterocycles. The first-order valence-electron chi connectivity index (χ1n) is 6.65. The number of halogens is 1. The van der Waals surface area contributed by atoms with Gasteiger partial charge < -0.3 is 9.64 Å². The lowest BCUT2D eigenvalue weighted by Crippen LogP contribution is -2.48. The minimum Gasteiger partial charge on any atom is -0.497 e. The fourth-order valence-electron chi connectivity index (χ4n) is 2.24. The number of carbonyl (C=O) groups excluding carboxylic acids is 1. The van der Waals surface area contributed by atoms with E-state index in [-0.39, 0.29) is 5.91 Å². The van der Waals surface area contributed by atoms with Crippen molar-refractivity contribution in [3.63, 3.8) is 0 Å². The number of hydrogen-bond acceptors (Lipinski definition) is 3. The quantitative estimate of drug-likeness (QED) is 0.853. The molecular weight excluding hydrogens is 276 g/mol. The van der Waals surface area contributed by atoms with Crippen molar-refractivity contribution in [2.75, 3.05) is 39.8 Å². The number of methoxy groups -OCH3 is 1. The van der Waals surface area contributed by atoms with E-state index in [1.165, 1.54) is 5.54 Å². The van der Waals surface area contributed by atoms with E-state index in [0.29, 0.717) is 5.56 Å². The molecule has 1 aliphatic heterocycles. The van der Waals surface area contributed by atoms with E-state index in [0.717, 1.165) is 38.5 Å². The summed E-state index contributed by atoms with van der Waals surface area (Å²) in [7, 11) is 1.62. The number of rotatable bonds is 4. The fraction of sp³-hybridized carbons (Fsp3) is 0.400. The van der Waals surface area contributed by atoms with Gasteiger partial charge in [-0.25, -0.2) is 0 Å². The zero-order chi connectivity index (χ0) is 14.4. The van der Waals surface area contributed by atoms with Crippen LogP contribution < -0.4 is 4.74 Å². The Kier molecular flexibility index (Phi) is 5.44. The molecule has 1 saturated heterocycles. The first-order chi connectivity index (χ1) is 9.74. The highest BCUT2D eigenvalue weighted by molar-refractivity contribution is 6.25. The second-order valence-electron chi connectivity index (χ2n) is 4.68. The third-order valence-electron chi connectivity index (χ3n) is 3.45. The van der Waals surface area contributed by atoms with Crippen LogP contribution >= 0.6 is 11.6 Å². The number of ether oxygens (including phenoxy) is 1. The Hall–Kier alpha value is -1.52. The van der Waals surface area contributed by atoms with Crippen molar-refractivity contribution in [3.05, 3.63) is 41.4 Å². The van der Waals surface area contributed by atoms with Crippen LogP contribution in [0.2, 0.25) is 0 Å². The van der Waals surface area contributed by atoms with Crippen molar-refractivity contribution in [1.29, 1.82) is 0 Å². The van der Waals surface area contributed by atoms with E-state index >= 15 is 0 Å². The smallest absolute Gasteiger partial charge is 0.253 e. The Morgan fingerprint density at radius 2 is 1.90 bits per heavy atom. The molecule has 20 heavy (non-hydrogen) atoms. The van der Waals surface area contributed by atoms with E-state index < -0.39 is 0 Å². The van der Waals surface area contributed by atoms with Gasteiger partial charge in [0.15, 0.2) is 0 Å². The molecule has 0 N–H and O–H groups in total. The van der Waals surface area contributed by atoms with Crippen LogP contribution in [0, 0.1) is 0 Å². The third-order valence-corrected chi connectivity index (χ3v) is 3.63. The molecule has 0 atom stereocenters. The summed E-state index contributed by atoms with van der Waals surface area (Å²) in [5, 5.41) is 0. The van der Waals surface area contributed by atoms with Crippen molar-refractivity contribution in [2.24, 2.45) is 0 Å². The number of amides is 1. The molecule has 1 aromatic carbocycles. The van der Waals surface area contributed by atoms with Gasteiger partial charge in [0.25, 0.3) is 5.91 Å². The predicted octanol–water partition coefficient (Wildman–Crippen LogP) is 2.21. The maximum atomic E-state index is 12.4. The average Bonchev–Trinajstić information content (AvgIpc) is 2.53. The highest BCUT2D eigenvalue weighted by Crippen LogP contribution is 2.14. The first-order valence-corrected chi connectivity index (χ1v) is 7.09. The summed E-state index contributed by atoms with van der Waals surface area (Å²) < 4.78 is 5.10. The molecule has 1 fully saturated rings. The molecule has 0 spiro atoms. The molecule has 0 unspecified atom stereocenters. The molecule has 0 aliphatic carbocycles. The lowest BCUT2D eigenvalue weighted by atomic mass is 10.1. The summed E-state index contributed by atoms with van der Waals surface area (Å²) in [5.41, 5.74) is 2.24. The number of benzene rings is 1. The Morgan fingerprint density at radius 1 is 1.25 bits per heavy atom. The van der Waals surface area contributed by atoms with Crippen LogP contribution in [0.1, 0.15) is 10.4 Å². The van der Waals surface area contributed by atoms with Gasteiger partial charge >= 0.3 is 0 Å². The maximum Gasteiger partial charge on any atom is 0.253 e. The van der Waals surface area contributed by atoms with E-state index in [1.807, 2.05) is 35.2 Å². The highest BCUT2D eigenvalue weighted by atomic mass is 35.5. The van der Waals surface area contributed by atoms with E-state index in [1.54, 1.807) is 7.11 Å². The molecule has 1 amide bonds. The first kappa shape index (κ1) is 14.9. The standard InChI is InChI=1S/C15H19ClN2O2/c1-20-14-5-3-13(4-6-14)15(19)18-11-9-17(10-12-18)8-2-7-16/h2-7H,8-12H2,1H3/b7-2+. The van der Waals surface area contributed by atoms with Gasteiger partial charge in [-0.15, -0.1) is 0 Å². The molecule has 4 nitrogen and oxygen atoms in total. The fourth-order valence-corrected chi connectivity index (χ4v) is 2.32. The van der Waals surface area contributed by atoms with Crippen LogP contribution in [-0.4, -0.2) is 55.5 Å². The summed E-state index contributed by atoms with van der Waals surface area (Å²) in [6, 6.07) is 7.25. The molecular formula is C15H19ClN2O2. The lowest BCUT2D eigenvalue weighted by Gasteiger charge is -2.34. The number of nitrogens with zero attached hydrogens (tertiary/aromatic N) is 2. The molecule has 0 bridgehead atoms. The second kappa shape index (κ2) is 7.31. The van der Waals surface area contributed by atoms with Crippen LogP contribution in [-0.2, 0) is 0 Å². The minimum absolute atomic E-state index is 0.0835. The molecule has 0 aromatic heterocycles. The zero-order valence-corrected chi connectivity index (χ0v) is 12.3. The molecule has 108 valence electrons. The molecule has 0 radical (unpaired) electrons. The summed E-state index contributed by atoms with van der Waals surface area (Å²) in [5.74, 6) is 0.847. The lowest BCUT2D eigenvalue weighted by molar-refractivity contribution is 0.0650. The van der Waals surface area contributed by atoms with Crippen LogP contribution in [0.5, 0.6) is 5.75 Å². The van der Waals surface area contributed by atoms with E-state index in [2.05, 4.69) is 4.90 Å². The SMILES string of the molecule is COc1ccc(C(=O)N2CCN(C/C=C/Cl)CC2)cc1. The average molecular weight is 295 g/mol. The Balaban J connectivity index is 1.90. The van der Waals surface area contributed by atoms with Gasteiger partial charge in [-0.3, -0.25) is 9.69 Å². The minimum atomic E-state index is 0.0835. The topological polar surface area (TPSA) is 32.8 Å². The molecule has 0 saturated carbocycles. The monoisotopic (exact) mass is 294 g/mol. The Bertz CT molecular complexity index is 465. The van der Waals surface area contributed by atoms with Crippen molar-refractivity contribution in [1.82, 2.24) is 9.80 Å². The normalized spacial score (nSPS) is 16.6. The number of carbonyl (C=O) groups is 1. The Labute approximate surface area is 124 Å². The molecule has 1 aliphatic rings. The van der Waals surface area contributed by atoms with Gasteiger partial charge in [0.05, 0.1) is 7.11 Å². The van der Waals surface area contributed by atoms with Crippen LogP contribution in [0.4, 0.5) is 0 Å². The van der Waals surface area contributed by atoms with Gasteiger partial charge in [0.1, 0.15) is 5.75 Å². The zero-order valence-electron chi connectivity index (χ0n) is 11.6. The molecule has 2 rings (SSSR count). The summed E-state index contributed by atoms with van der Waals surface area (Å²) in [6.07, 6.45) is 1.92. The highest BCUT2D eigenvalue weighted by Gasteiger charge is 2.21. The van der Waals surface area contributed by atoms with E-state index in [9.17, 15) is 4.79 Å². The largest absolute Gasteiger partial charge is 0.497 e. The van der Waals surface area contributed by atoms with Crippen molar-refractivity contribution in [2.45, 2.75) is 0 Å². The maximum absolute atomic E-state index is 12.4. The van der Waals surface area contributed by atoms with Gasteiger partial charge in [0.2, 0.25) is 0 Å². The van der Waals surface area contributed by atoms with E-state index in [4.69, 9.17) is 16.3 Å². The summed E-state index contributed by atoms with van der Waals surface area (Å²) in [6.45, 7) is 4.10. The van der Waals surface area contributed by atoms with Gasteiger partial charge in [0, 0.05) is 43.8 Å². The summed E-state index contributed by atoms with van der Waals surface area (Å²) >= 11 is 5.52. The number of hydrogen-bond donors (Lipinski definition) is 0. The van der Waals surface area contributed by atoms with Gasteiger partial charge in [-0.1, -0.05) is 17.7 Å². The molecule has 1 aromatic rings. The van der Waals surface area contributed by atoms with Crippen LogP contribution in [0.15, 0.2) is 35.9 Å². The predicted molar refractivity (Wildman–Crippen MR) is 80.3 cm³/mol. The second-order valence-corrected chi connectivity index (χ2v) is 4.93. The summed E-state index contributed by atoms with van der Waals surface area (Å²) in [4.78, 5) is 16.5. The third kappa shape index (κ3) is 3.74. The van der Waals surface area contributed by atoms with Crippen LogP contribution in [0.25, 0.3) is 0 Å². The van der Waals surface area contributed by atoms with Crippen LogP contribution in [0.3, 0.4) is 0 Å². The van der Waals surface area contributed by atoms with Gasteiger partial charge in [-0.05, 0) is 24.3 Å². The van der Waals surface area contributed by atoms with Crippen molar-refractivity contribution < 1.29 is 9.53 Å². The van der Waals surface area contributed by atoms with Crippen molar-refractivity contribution in [3.8, 4) is 5.75 Å². The number of piperazine rings is 1. The van der Waals surface area contributed by atoms with Crippen molar-refractivity contribution >= 4 is 17.5 Å². The molecule has 5 heteroatoms. The Morgan fingerprint density at radius 3 is 2.45 bits per heavy atom.